The monoisotopic (exact) mass is 331 g/mol. The molecular weight excluding hydrogens is 310 g/mol. The molecule has 0 radical (unpaired) electrons. The number of anilines is 1. The van der Waals surface area contributed by atoms with E-state index in [0.717, 1.165) is 31.1 Å². The number of aromatic nitrogens is 2. The van der Waals surface area contributed by atoms with Crippen LogP contribution in [0.1, 0.15) is 11.5 Å². The molecule has 2 aromatic rings. The van der Waals surface area contributed by atoms with Gasteiger partial charge in [-0.1, -0.05) is 5.16 Å². The Morgan fingerprint density at radius 1 is 1.29 bits per heavy atom. The minimum Gasteiger partial charge on any atom is -0.361 e. The van der Waals surface area contributed by atoms with Crippen molar-refractivity contribution in [2.24, 2.45) is 7.05 Å². The van der Waals surface area contributed by atoms with E-state index in [0.29, 0.717) is 18.8 Å². The SMILES string of the molecule is Cc1cc(CN2CCN(C(=O)Nc3ccc(=O)n(C)c3)CC2)no1. The summed E-state index contributed by atoms with van der Waals surface area (Å²) in [6.07, 6.45) is 1.61. The maximum absolute atomic E-state index is 12.3. The number of urea groups is 1. The van der Waals surface area contributed by atoms with E-state index in [9.17, 15) is 9.59 Å². The molecule has 0 aromatic carbocycles. The smallest absolute Gasteiger partial charge is 0.321 e. The number of aryl methyl sites for hydroxylation is 2. The number of carbonyl (C=O) groups excluding carboxylic acids is 1. The van der Waals surface area contributed by atoms with Crippen LogP contribution in [0.15, 0.2) is 33.7 Å². The van der Waals surface area contributed by atoms with Gasteiger partial charge in [0, 0.05) is 58.1 Å². The second-order valence-corrected chi connectivity index (χ2v) is 5.99. The third-order valence-electron chi connectivity index (χ3n) is 4.06. The van der Waals surface area contributed by atoms with Crippen molar-refractivity contribution in [1.82, 2.24) is 19.5 Å². The lowest BCUT2D eigenvalue weighted by Crippen LogP contribution is -2.49. The van der Waals surface area contributed by atoms with Crippen molar-refractivity contribution in [3.8, 4) is 0 Å². The van der Waals surface area contributed by atoms with Crippen molar-refractivity contribution in [3.05, 3.63) is 46.2 Å². The largest absolute Gasteiger partial charge is 0.361 e. The van der Waals surface area contributed by atoms with Gasteiger partial charge in [-0.15, -0.1) is 0 Å². The Morgan fingerprint density at radius 3 is 2.67 bits per heavy atom. The predicted octanol–water partition coefficient (Wildman–Crippen LogP) is 1.03. The molecule has 1 N–H and O–H groups in total. The number of hydrogen-bond acceptors (Lipinski definition) is 5. The first-order chi connectivity index (χ1) is 11.5. The molecule has 24 heavy (non-hydrogen) atoms. The van der Waals surface area contributed by atoms with Crippen molar-refractivity contribution < 1.29 is 9.32 Å². The number of rotatable bonds is 3. The summed E-state index contributed by atoms with van der Waals surface area (Å²) in [6.45, 7) is 5.47. The van der Waals surface area contributed by atoms with Crippen LogP contribution in [0.2, 0.25) is 0 Å². The van der Waals surface area contributed by atoms with Crippen LogP contribution in [0.25, 0.3) is 0 Å². The predicted molar refractivity (Wildman–Crippen MR) is 88.8 cm³/mol. The highest BCUT2D eigenvalue weighted by Crippen LogP contribution is 2.11. The molecule has 8 heteroatoms. The molecule has 0 atom stereocenters. The average molecular weight is 331 g/mol. The van der Waals surface area contributed by atoms with Gasteiger partial charge in [-0.2, -0.15) is 0 Å². The minimum absolute atomic E-state index is 0.107. The van der Waals surface area contributed by atoms with Crippen LogP contribution in [-0.2, 0) is 13.6 Å². The Kier molecular flexibility index (Phi) is 4.66. The van der Waals surface area contributed by atoms with Crippen molar-refractivity contribution in [1.29, 1.82) is 0 Å². The number of nitrogens with zero attached hydrogens (tertiary/aromatic N) is 4. The Balaban J connectivity index is 1.51. The third-order valence-corrected chi connectivity index (χ3v) is 4.06. The fraction of sp³-hybridized carbons (Fsp3) is 0.438. The number of piperazine rings is 1. The van der Waals surface area contributed by atoms with Crippen LogP contribution in [0.4, 0.5) is 10.5 Å². The van der Waals surface area contributed by atoms with E-state index in [1.807, 2.05) is 13.0 Å². The zero-order valence-electron chi connectivity index (χ0n) is 13.9. The average Bonchev–Trinajstić information content (AvgIpc) is 2.96. The summed E-state index contributed by atoms with van der Waals surface area (Å²) in [5.41, 5.74) is 1.42. The van der Waals surface area contributed by atoms with Gasteiger partial charge < -0.3 is 19.3 Å². The summed E-state index contributed by atoms with van der Waals surface area (Å²) in [7, 11) is 1.66. The molecule has 0 unspecified atom stereocenters. The van der Waals surface area contributed by atoms with Gasteiger partial charge in [0.1, 0.15) is 5.76 Å². The third kappa shape index (κ3) is 3.83. The summed E-state index contributed by atoms with van der Waals surface area (Å²) in [5.74, 6) is 0.806. The first kappa shape index (κ1) is 16.3. The number of hydrogen-bond donors (Lipinski definition) is 1. The van der Waals surface area contributed by atoms with E-state index >= 15 is 0 Å². The van der Waals surface area contributed by atoms with Crippen molar-refractivity contribution >= 4 is 11.7 Å². The van der Waals surface area contributed by atoms with Crippen LogP contribution in [0.3, 0.4) is 0 Å². The lowest BCUT2D eigenvalue weighted by Gasteiger charge is -2.34. The lowest BCUT2D eigenvalue weighted by molar-refractivity contribution is 0.141. The maximum atomic E-state index is 12.3. The van der Waals surface area contributed by atoms with E-state index in [-0.39, 0.29) is 11.6 Å². The van der Waals surface area contributed by atoms with Crippen LogP contribution in [0.5, 0.6) is 0 Å². The molecule has 1 aliphatic heterocycles. The molecule has 1 fully saturated rings. The number of nitrogens with one attached hydrogen (secondary N) is 1. The highest BCUT2D eigenvalue weighted by atomic mass is 16.5. The molecule has 1 aliphatic rings. The number of amides is 2. The summed E-state index contributed by atoms with van der Waals surface area (Å²) >= 11 is 0. The summed E-state index contributed by atoms with van der Waals surface area (Å²) in [4.78, 5) is 27.7. The van der Waals surface area contributed by atoms with Crippen LogP contribution >= 0.6 is 0 Å². The van der Waals surface area contributed by atoms with Gasteiger partial charge in [-0.25, -0.2) is 4.79 Å². The van der Waals surface area contributed by atoms with Crippen LogP contribution < -0.4 is 10.9 Å². The fourth-order valence-electron chi connectivity index (χ4n) is 2.70. The van der Waals surface area contributed by atoms with Crippen molar-refractivity contribution in [3.63, 3.8) is 0 Å². The fourth-order valence-corrected chi connectivity index (χ4v) is 2.70. The normalized spacial score (nSPS) is 15.5. The van der Waals surface area contributed by atoms with Crippen LogP contribution in [-0.4, -0.2) is 51.7 Å². The van der Waals surface area contributed by atoms with Crippen molar-refractivity contribution in [2.75, 3.05) is 31.5 Å². The zero-order chi connectivity index (χ0) is 17.1. The highest BCUT2D eigenvalue weighted by Gasteiger charge is 2.22. The van der Waals surface area contributed by atoms with E-state index in [4.69, 9.17) is 4.52 Å². The molecule has 0 aliphatic carbocycles. The van der Waals surface area contributed by atoms with Gasteiger partial charge in [-0.05, 0) is 13.0 Å². The Labute approximate surface area is 139 Å². The first-order valence-electron chi connectivity index (χ1n) is 7.88. The lowest BCUT2D eigenvalue weighted by atomic mass is 10.3. The first-order valence-corrected chi connectivity index (χ1v) is 7.88. The molecule has 0 spiro atoms. The van der Waals surface area contributed by atoms with E-state index in [2.05, 4.69) is 15.4 Å². The van der Waals surface area contributed by atoms with Gasteiger partial charge in [0.15, 0.2) is 0 Å². The molecule has 0 bridgehead atoms. The molecule has 1 saturated heterocycles. The molecule has 2 amide bonds. The molecule has 2 aromatic heterocycles. The van der Waals surface area contributed by atoms with Gasteiger partial charge in [0.05, 0.1) is 11.4 Å². The summed E-state index contributed by atoms with van der Waals surface area (Å²) in [5, 5.41) is 6.83. The van der Waals surface area contributed by atoms with Gasteiger partial charge in [0.2, 0.25) is 5.56 Å². The standard InChI is InChI=1S/C16H21N5O3/c1-12-9-14(18-24-12)11-20-5-7-21(8-6-20)16(23)17-13-3-4-15(22)19(2)10-13/h3-4,9-10H,5-8,11H2,1-2H3,(H,17,23). The molecular formula is C16H21N5O3. The van der Waals surface area contributed by atoms with Gasteiger partial charge >= 0.3 is 6.03 Å². The zero-order valence-corrected chi connectivity index (χ0v) is 13.9. The summed E-state index contributed by atoms with van der Waals surface area (Å²) < 4.78 is 6.51. The van der Waals surface area contributed by atoms with Crippen LogP contribution in [0, 0.1) is 6.92 Å². The molecule has 0 saturated carbocycles. The van der Waals surface area contributed by atoms with Gasteiger partial charge in [0.25, 0.3) is 0 Å². The topological polar surface area (TPSA) is 83.6 Å². The van der Waals surface area contributed by atoms with Gasteiger partial charge in [-0.3, -0.25) is 9.69 Å². The number of pyridine rings is 1. The highest BCUT2D eigenvalue weighted by molar-refractivity contribution is 5.89. The molecule has 8 nitrogen and oxygen atoms in total. The minimum atomic E-state index is -0.148. The van der Waals surface area contributed by atoms with E-state index < -0.39 is 0 Å². The summed E-state index contributed by atoms with van der Waals surface area (Å²) in [6, 6.07) is 4.83. The molecule has 3 heterocycles. The number of carbonyl (C=O) groups is 1. The van der Waals surface area contributed by atoms with E-state index in [1.165, 1.54) is 10.6 Å². The molecule has 128 valence electrons. The quantitative estimate of drug-likeness (QED) is 0.908. The Morgan fingerprint density at radius 2 is 2.04 bits per heavy atom. The Bertz CT molecular complexity index is 774. The second kappa shape index (κ2) is 6.88. The Hall–Kier alpha value is -2.61. The second-order valence-electron chi connectivity index (χ2n) is 5.99. The maximum Gasteiger partial charge on any atom is 0.321 e. The molecule has 3 rings (SSSR count). The van der Waals surface area contributed by atoms with Crippen molar-refractivity contribution in [2.45, 2.75) is 13.5 Å². The van der Waals surface area contributed by atoms with E-state index in [1.54, 1.807) is 24.2 Å².